The first-order chi connectivity index (χ1) is 18.5. The largest absolute Gasteiger partial charge is 0.423 e. The Bertz CT molecular complexity index is 1610. The molecule has 0 aliphatic rings. The molecule has 5 rings (SSSR count). The van der Waals surface area contributed by atoms with Gasteiger partial charge in [-0.3, -0.25) is 0 Å². The van der Waals surface area contributed by atoms with E-state index in [2.05, 4.69) is 0 Å². The van der Waals surface area contributed by atoms with Crippen LogP contribution in [-0.4, -0.2) is 15.5 Å². The molecule has 5 aromatic rings. The zero-order valence-electron chi connectivity index (χ0n) is 19.9. The third-order valence-corrected chi connectivity index (χ3v) is 5.98. The van der Waals surface area contributed by atoms with Crippen LogP contribution in [0.4, 0.5) is 26.3 Å². The van der Waals surface area contributed by atoms with Crippen molar-refractivity contribution in [3.8, 4) is 17.1 Å². The molecule has 0 unspecified atom stereocenters. The smallest absolute Gasteiger partial charge is 0.416 e. The number of carbonyl (C=O) groups excluding carboxylic acids is 1. The number of carbonyl (C=O) groups is 1. The molecule has 1 heterocycles. The summed E-state index contributed by atoms with van der Waals surface area (Å²) in [6, 6.07) is 24.0. The topological polar surface area (TPSA) is 44.1 Å². The molecule has 0 aliphatic heterocycles. The van der Waals surface area contributed by atoms with Gasteiger partial charge in [-0.15, -0.1) is 0 Å². The third kappa shape index (κ3) is 5.64. The van der Waals surface area contributed by atoms with Crippen LogP contribution in [0.25, 0.3) is 22.4 Å². The summed E-state index contributed by atoms with van der Waals surface area (Å²) in [7, 11) is 0. The lowest BCUT2D eigenvalue weighted by molar-refractivity contribution is -0.143. The second-order valence-electron chi connectivity index (χ2n) is 8.70. The number of nitrogens with zero attached hydrogens (tertiary/aromatic N) is 2. The Morgan fingerprint density at radius 2 is 1.33 bits per heavy atom. The number of imidazole rings is 1. The van der Waals surface area contributed by atoms with Crippen molar-refractivity contribution in [2.24, 2.45) is 0 Å². The highest BCUT2D eigenvalue weighted by Gasteiger charge is 2.37. The Hall–Kier alpha value is -4.60. The predicted octanol–water partition coefficient (Wildman–Crippen LogP) is 8.01. The number of rotatable bonds is 5. The highest BCUT2D eigenvalue weighted by Crippen LogP contribution is 2.36. The van der Waals surface area contributed by atoms with Crippen LogP contribution >= 0.6 is 0 Å². The molecule has 0 aliphatic carbocycles. The zero-order chi connectivity index (χ0) is 27.8. The highest BCUT2D eigenvalue weighted by molar-refractivity contribution is 5.91. The minimum absolute atomic E-state index is 0.0485. The van der Waals surface area contributed by atoms with Gasteiger partial charge in [0.25, 0.3) is 0 Å². The monoisotopic (exact) mass is 540 g/mol. The van der Waals surface area contributed by atoms with Gasteiger partial charge >= 0.3 is 18.3 Å². The van der Waals surface area contributed by atoms with Gasteiger partial charge in [0.15, 0.2) is 0 Å². The van der Waals surface area contributed by atoms with Gasteiger partial charge in [0, 0.05) is 12.1 Å². The second kappa shape index (κ2) is 9.94. The van der Waals surface area contributed by atoms with E-state index >= 15 is 0 Å². The van der Waals surface area contributed by atoms with Crippen LogP contribution in [0.5, 0.6) is 5.75 Å². The van der Waals surface area contributed by atoms with Crippen molar-refractivity contribution < 1.29 is 35.9 Å². The summed E-state index contributed by atoms with van der Waals surface area (Å²) < 4.78 is 86.0. The fourth-order valence-corrected chi connectivity index (χ4v) is 4.13. The van der Waals surface area contributed by atoms with Crippen LogP contribution in [0.1, 0.15) is 27.0 Å². The van der Waals surface area contributed by atoms with Gasteiger partial charge in [0.05, 0.1) is 27.7 Å². The van der Waals surface area contributed by atoms with Gasteiger partial charge in [-0.2, -0.15) is 26.3 Å². The number of fused-ring (bicyclic) bond motifs is 1. The van der Waals surface area contributed by atoms with Gasteiger partial charge in [-0.25, -0.2) is 9.78 Å². The first kappa shape index (κ1) is 26.0. The first-order valence-electron chi connectivity index (χ1n) is 11.6. The molecule has 0 saturated heterocycles. The summed E-state index contributed by atoms with van der Waals surface area (Å²) >= 11 is 0. The Morgan fingerprint density at radius 3 is 1.95 bits per heavy atom. The molecule has 1 aromatic heterocycles. The highest BCUT2D eigenvalue weighted by atomic mass is 19.4. The molecule has 10 heteroatoms. The molecule has 4 nitrogen and oxygen atoms in total. The van der Waals surface area contributed by atoms with E-state index in [-0.39, 0.29) is 11.8 Å². The summed E-state index contributed by atoms with van der Waals surface area (Å²) in [4.78, 5) is 17.3. The number of hydrogen-bond donors (Lipinski definition) is 0. The van der Waals surface area contributed by atoms with Crippen molar-refractivity contribution in [3.63, 3.8) is 0 Å². The van der Waals surface area contributed by atoms with Crippen molar-refractivity contribution in [1.82, 2.24) is 9.55 Å². The SMILES string of the molecule is O=C(Oc1ccc(-c2nc3ccccc3n2Cc2ccccc2)cc1)c1cc(C(F)(F)F)cc(C(F)(F)F)c1. The van der Waals surface area contributed by atoms with Gasteiger partial charge in [0.1, 0.15) is 11.6 Å². The van der Waals surface area contributed by atoms with E-state index in [0.717, 1.165) is 16.6 Å². The molecule has 0 bridgehead atoms. The van der Waals surface area contributed by atoms with E-state index in [1.807, 2.05) is 59.2 Å². The number of halogens is 6. The maximum absolute atomic E-state index is 13.2. The fraction of sp³-hybridized carbons (Fsp3) is 0.103. The molecule has 0 saturated carbocycles. The van der Waals surface area contributed by atoms with Crippen LogP contribution in [0.2, 0.25) is 0 Å². The number of ether oxygens (including phenoxy) is 1. The van der Waals surface area contributed by atoms with Crippen LogP contribution in [0.3, 0.4) is 0 Å². The second-order valence-corrected chi connectivity index (χ2v) is 8.70. The van der Waals surface area contributed by atoms with Crippen LogP contribution in [0, 0.1) is 0 Å². The molecule has 0 fully saturated rings. The van der Waals surface area contributed by atoms with Crippen molar-refractivity contribution in [1.29, 1.82) is 0 Å². The number of benzene rings is 4. The van der Waals surface area contributed by atoms with Gasteiger partial charge in [0.2, 0.25) is 0 Å². The third-order valence-electron chi connectivity index (χ3n) is 5.98. The summed E-state index contributed by atoms with van der Waals surface area (Å²) in [5.74, 6) is -0.776. The fourth-order valence-electron chi connectivity index (χ4n) is 4.13. The molecule has 4 aromatic carbocycles. The summed E-state index contributed by atoms with van der Waals surface area (Å²) in [6.45, 7) is 0.532. The van der Waals surface area contributed by atoms with Crippen molar-refractivity contribution in [2.75, 3.05) is 0 Å². The summed E-state index contributed by atoms with van der Waals surface area (Å²) in [5.41, 5.74) is -0.687. The van der Waals surface area contributed by atoms with Crippen molar-refractivity contribution in [2.45, 2.75) is 18.9 Å². The Labute approximate surface area is 218 Å². The molecule has 0 radical (unpaired) electrons. The first-order valence-corrected chi connectivity index (χ1v) is 11.6. The molecular formula is C29H18F6N2O2. The molecular weight excluding hydrogens is 522 g/mol. The molecule has 39 heavy (non-hydrogen) atoms. The minimum Gasteiger partial charge on any atom is -0.423 e. The number of esters is 1. The normalized spacial score (nSPS) is 12.1. The van der Waals surface area contributed by atoms with Gasteiger partial charge < -0.3 is 9.30 Å². The van der Waals surface area contributed by atoms with E-state index in [1.54, 1.807) is 12.1 Å². The maximum atomic E-state index is 13.2. The average Bonchev–Trinajstić information content (AvgIpc) is 3.26. The number of alkyl halides is 6. The lowest BCUT2D eigenvalue weighted by Crippen LogP contribution is -2.15. The van der Waals surface area contributed by atoms with E-state index in [1.165, 1.54) is 12.1 Å². The number of hydrogen-bond acceptors (Lipinski definition) is 3. The van der Waals surface area contributed by atoms with E-state index < -0.39 is 35.0 Å². The average molecular weight is 540 g/mol. The minimum atomic E-state index is -5.08. The molecule has 0 atom stereocenters. The number of para-hydroxylation sites is 2. The predicted molar refractivity (Wildman–Crippen MR) is 132 cm³/mol. The van der Waals surface area contributed by atoms with Crippen LogP contribution in [-0.2, 0) is 18.9 Å². The Morgan fingerprint density at radius 1 is 0.744 bits per heavy atom. The summed E-state index contributed by atoms with van der Waals surface area (Å²) in [6.07, 6.45) is -10.2. The zero-order valence-corrected chi connectivity index (χ0v) is 19.9. The Kier molecular flexibility index (Phi) is 6.63. The standard InChI is InChI=1S/C29H18F6N2O2/c30-28(31,32)21-14-20(15-22(16-21)29(33,34)35)27(38)39-23-12-10-19(11-13-23)26-36-24-8-4-5-9-25(24)37(26)17-18-6-2-1-3-7-18/h1-16H,17H2. The van der Waals surface area contributed by atoms with E-state index in [9.17, 15) is 31.1 Å². The summed E-state index contributed by atoms with van der Waals surface area (Å²) in [5, 5.41) is 0. The maximum Gasteiger partial charge on any atom is 0.416 e. The van der Waals surface area contributed by atoms with Crippen molar-refractivity contribution in [3.05, 3.63) is 119 Å². The van der Waals surface area contributed by atoms with Crippen LogP contribution in [0.15, 0.2) is 97.1 Å². The quantitative estimate of drug-likeness (QED) is 0.129. The molecule has 0 spiro atoms. The van der Waals surface area contributed by atoms with Gasteiger partial charge in [-0.1, -0.05) is 42.5 Å². The lowest BCUT2D eigenvalue weighted by atomic mass is 10.0. The van der Waals surface area contributed by atoms with Crippen molar-refractivity contribution >= 4 is 17.0 Å². The number of aromatic nitrogens is 2. The lowest BCUT2D eigenvalue weighted by Gasteiger charge is -2.14. The molecule has 198 valence electrons. The van der Waals surface area contributed by atoms with E-state index in [4.69, 9.17) is 9.72 Å². The van der Waals surface area contributed by atoms with E-state index in [0.29, 0.717) is 30.1 Å². The Balaban J connectivity index is 1.44. The molecule has 0 amide bonds. The van der Waals surface area contributed by atoms with Gasteiger partial charge in [-0.05, 0) is 60.2 Å². The molecule has 0 N–H and O–H groups in total. The van der Waals surface area contributed by atoms with Crippen LogP contribution < -0.4 is 4.74 Å².